The molecule has 2 aromatic heterocycles. The van der Waals surface area contributed by atoms with Gasteiger partial charge in [-0.15, -0.1) is 0 Å². The Morgan fingerprint density at radius 2 is 1.86 bits per heavy atom. The number of hydrogen-bond acceptors (Lipinski definition) is 3. The molecule has 0 amide bonds. The fourth-order valence-electron chi connectivity index (χ4n) is 2.35. The lowest BCUT2D eigenvalue weighted by molar-refractivity contribution is 0.655. The maximum Gasteiger partial charge on any atom is 0.332 e. The topological polar surface area (TPSA) is 61.8 Å². The minimum absolute atomic E-state index is 0.115. The largest absolute Gasteiger partial charge is 0.332 e. The molecule has 0 unspecified atom stereocenters. The molecule has 1 aromatic carbocycles. The molecule has 8 heteroatoms. The molecule has 22 heavy (non-hydrogen) atoms. The number of hydrogen-bond donors (Lipinski definition) is 0. The minimum Gasteiger partial charge on any atom is -0.316 e. The molecular formula is C14H12BrClN4O2. The van der Waals surface area contributed by atoms with E-state index in [0.29, 0.717) is 26.5 Å². The predicted octanol–water partition coefficient (Wildman–Crippen LogP) is 1.90. The van der Waals surface area contributed by atoms with Gasteiger partial charge < -0.3 is 4.57 Å². The second-order valence-corrected chi connectivity index (χ2v) is 6.05. The molecule has 0 radical (unpaired) electrons. The zero-order chi connectivity index (χ0) is 16.0. The molecule has 114 valence electrons. The molecule has 0 aliphatic rings. The molecule has 0 saturated carbocycles. The summed E-state index contributed by atoms with van der Waals surface area (Å²) in [6, 6.07) is 7.13. The van der Waals surface area contributed by atoms with Crippen molar-refractivity contribution in [3.63, 3.8) is 0 Å². The van der Waals surface area contributed by atoms with E-state index < -0.39 is 11.2 Å². The molecule has 2 heterocycles. The summed E-state index contributed by atoms with van der Waals surface area (Å²) in [5.41, 5.74) is 0.603. The van der Waals surface area contributed by atoms with Crippen molar-refractivity contribution in [2.45, 2.75) is 6.54 Å². The fraction of sp³-hybridized carbons (Fsp3) is 0.214. The van der Waals surface area contributed by atoms with Crippen LogP contribution in [0.2, 0.25) is 5.02 Å². The first kappa shape index (κ1) is 15.1. The van der Waals surface area contributed by atoms with Gasteiger partial charge in [0, 0.05) is 19.1 Å². The van der Waals surface area contributed by atoms with Gasteiger partial charge in [0.15, 0.2) is 15.9 Å². The van der Waals surface area contributed by atoms with Gasteiger partial charge in [0.25, 0.3) is 5.56 Å². The Morgan fingerprint density at radius 1 is 1.18 bits per heavy atom. The van der Waals surface area contributed by atoms with E-state index in [0.717, 1.165) is 4.57 Å². The normalized spacial score (nSPS) is 11.3. The van der Waals surface area contributed by atoms with Crippen LogP contribution >= 0.6 is 27.5 Å². The molecule has 3 rings (SSSR count). The number of fused-ring (bicyclic) bond motifs is 1. The number of aryl methyl sites for hydroxylation is 2. The van der Waals surface area contributed by atoms with E-state index in [1.165, 1.54) is 4.57 Å². The van der Waals surface area contributed by atoms with Gasteiger partial charge in [-0.2, -0.15) is 0 Å². The summed E-state index contributed by atoms with van der Waals surface area (Å²) < 4.78 is 4.63. The van der Waals surface area contributed by atoms with Crippen LogP contribution in [-0.2, 0) is 20.6 Å². The highest BCUT2D eigenvalue weighted by Crippen LogP contribution is 2.16. The summed E-state index contributed by atoms with van der Waals surface area (Å²) in [7, 11) is 3.30. The maximum atomic E-state index is 12.7. The summed E-state index contributed by atoms with van der Waals surface area (Å²) in [5, 5.41) is 0.516. The van der Waals surface area contributed by atoms with E-state index in [-0.39, 0.29) is 6.54 Å². The van der Waals surface area contributed by atoms with Crippen molar-refractivity contribution in [2.75, 3.05) is 0 Å². The zero-order valence-corrected chi connectivity index (χ0v) is 14.2. The fourth-order valence-corrected chi connectivity index (χ4v) is 2.89. The number of nitrogens with zero attached hydrogens (tertiary/aromatic N) is 4. The van der Waals surface area contributed by atoms with Gasteiger partial charge in [0.2, 0.25) is 0 Å². The van der Waals surface area contributed by atoms with Crippen LogP contribution in [0.4, 0.5) is 0 Å². The minimum atomic E-state index is -0.428. The van der Waals surface area contributed by atoms with Crippen LogP contribution in [0.25, 0.3) is 11.2 Å². The van der Waals surface area contributed by atoms with Crippen molar-refractivity contribution < 1.29 is 0 Å². The van der Waals surface area contributed by atoms with Crippen LogP contribution in [0, 0.1) is 0 Å². The van der Waals surface area contributed by atoms with Gasteiger partial charge >= 0.3 is 5.69 Å². The Bertz CT molecular complexity index is 1000. The molecule has 0 atom stereocenters. The second-order valence-electron chi connectivity index (χ2n) is 4.94. The van der Waals surface area contributed by atoms with Gasteiger partial charge in [0.05, 0.1) is 6.54 Å². The first-order valence-corrected chi connectivity index (χ1v) is 7.64. The van der Waals surface area contributed by atoms with Crippen LogP contribution < -0.4 is 11.2 Å². The number of aromatic nitrogens is 4. The number of rotatable bonds is 2. The van der Waals surface area contributed by atoms with Gasteiger partial charge in [-0.05, 0) is 27.6 Å². The SMILES string of the molecule is Cn1c(Br)nc2c1c(=O)n(Cc1ccccc1Cl)c(=O)n2C. The van der Waals surface area contributed by atoms with E-state index in [1.807, 2.05) is 6.07 Å². The van der Waals surface area contributed by atoms with Gasteiger partial charge in [-0.1, -0.05) is 29.8 Å². The van der Waals surface area contributed by atoms with Crippen molar-refractivity contribution in [2.24, 2.45) is 14.1 Å². The first-order valence-electron chi connectivity index (χ1n) is 6.47. The standard InChI is InChI=1S/C14H12BrClN4O2/c1-18-10-11(17-13(18)15)19(2)14(22)20(12(10)21)7-8-5-3-4-6-9(8)16/h3-6H,7H2,1-2H3. The van der Waals surface area contributed by atoms with Crippen molar-refractivity contribution in [3.8, 4) is 0 Å². The van der Waals surface area contributed by atoms with E-state index in [1.54, 1.807) is 36.9 Å². The summed E-state index contributed by atoms with van der Waals surface area (Å²) in [6.07, 6.45) is 0. The Balaban J connectivity index is 2.31. The lowest BCUT2D eigenvalue weighted by Crippen LogP contribution is -2.39. The highest BCUT2D eigenvalue weighted by atomic mass is 79.9. The van der Waals surface area contributed by atoms with E-state index in [2.05, 4.69) is 20.9 Å². The lowest BCUT2D eigenvalue weighted by atomic mass is 10.2. The summed E-state index contributed by atoms with van der Waals surface area (Å²) in [5.74, 6) is 0. The van der Waals surface area contributed by atoms with Crippen LogP contribution in [0.1, 0.15) is 5.56 Å². The van der Waals surface area contributed by atoms with Crippen LogP contribution in [0.3, 0.4) is 0 Å². The third kappa shape index (κ3) is 2.21. The quantitative estimate of drug-likeness (QED) is 0.635. The molecule has 0 bridgehead atoms. The van der Waals surface area contributed by atoms with Gasteiger partial charge in [0.1, 0.15) is 0 Å². The van der Waals surface area contributed by atoms with Gasteiger partial charge in [-0.3, -0.25) is 13.9 Å². The van der Waals surface area contributed by atoms with Crippen LogP contribution in [0.5, 0.6) is 0 Å². The number of halogens is 2. The Kier molecular flexibility index (Phi) is 3.70. The molecule has 0 aliphatic heterocycles. The van der Waals surface area contributed by atoms with E-state index in [9.17, 15) is 9.59 Å². The molecular weight excluding hydrogens is 372 g/mol. The Hall–Kier alpha value is -1.86. The smallest absolute Gasteiger partial charge is 0.316 e. The predicted molar refractivity (Wildman–Crippen MR) is 88.5 cm³/mol. The highest BCUT2D eigenvalue weighted by molar-refractivity contribution is 9.10. The number of imidazole rings is 1. The Labute approximate surface area is 138 Å². The molecule has 3 aromatic rings. The van der Waals surface area contributed by atoms with Crippen LogP contribution in [-0.4, -0.2) is 18.7 Å². The molecule has 6 nitrogen and oxygen atoms in total. The average molecular weight is 384 g/mol. The lowest BCUT2D eigenvalue weighted by Gasteiger charge is -2.09. The summed E-state index contributed by atoms with van der Waals surface area (Å²) in [4.78, 5) is 29.3. The molecule has 0 spiro atoms. The molecule has 0 aliphatic carbocycles. The third-order valence-electron chi connectivity index (χ3n) is 3.59. The summed E-state index contributed by atoms with van der Waals surface area (Å²) >= 11 is 9.39. The van der Waals surface area contributed by atoms with Crippen LogP contribution in [0.15, 0.2) is 38.6 Å². The molecule has 0 saturated heterocycles. The maximum absolute atomic E-state index is 12.7. The third-order valence-corrected chi connectivity index (χ3v) is 4.67. The van der Waals surface area contributed by atoms with Crippen molar-refractivity contribution in [1.29, 1.82) is 0 Å². The number of benzene rings is 1. The Morgan fingerprint density at radius 3 is 2.55 bits per heavy atom. The zero-order valence-electron chi connectivity index (χ0n) is 11.9. The average Bonchev–Trinajstić information content (AvgIpc) is 2.79. The highest BCUT2D eigenvalue weighted by Gasteiger charge is 2.17. The van der Waals surface area contributed by atoms with E-state index >= 15 is 0 Å². The van der Waals surface area contributed by atoms with E-state index in [4.69, 9.17) is 11.6 Å². The molecule has 0 N–H and O–H groups in total. The van der Waals surface area contributed by atoms with Crippen molar-refractivity contribution >= 4 is 38.7 Å². The first-order chi connectivity index (χ1) is 10.4. The summed E-state index contributed by atoms with van der Waals surface area (Å²) in [6.45, 7) is 0.115. The monoisotopic (exact) mass is 382 g/mol. The van der Waals surface area contributed by atoms with Crippen molar-refractivity contribution in [1.82, 2.24) is 18.7 Å². The molecule has 0 fully saturated rings. The second kappa shape index (κ2) is 5.40. The van der Waals surface area contributed by atoms with Crippen molar-refractivity contribution in [3.05, 3.63) is 60.4 Å². The van der Waals surface area contributed by atoms with Gasteiger partial charge in [-0.25, -0.2) is 9.78 Å².